The Hall–Kier alpha value is -1.32. The molecule has 2 rings (SSSR count). The van der Waals surface area contributed by atoms with Crippen LogP contribution < -0.4 is 0 Å². The number of nitrogens with zero attached hydrogens (tertiary/aromatic N) is 2. The van der Waals surface area contributed by atoms with Crippen molar-refractivity contribution >= 4 is 5.97 Å². The van der Waals surface area contributed by atoms with Crippen molar-refractivity contribution in [2.45, 2.75) is 18.8 Å². The molecule has 0 amide bonds. The molecule has 0 saturated heterocycles. The minimum absolute atomic E-state index is 0.152. The lowest BCUT2D eigenvalue weighted by Crippen LogP contribution is -2.16. The van der Waals surface area contributed by atoms with Crippen LogP contribution in [0.1, 0.15) is 24.5 Å². The third kappa shape index (κ3) is 1.64. The smallest absolute Gasteiger partial charge is 0.315 e. The van der Waals surface area contributed by atoms with Gasteiger partial charge in [0.2, 0.25) is 0 Å². The fourth-order valence-corrected chi connectivity index (χ4v) is 1.70. The summed E-state index contributed by atoms with van der Waals surface area (Å²) in [6.07, 6.45) is 5.82. The second kappa shape index (κ2) is 3.44. The Morgan fingerprint density at radius 2 is 2.43 bits per heavy atom. The first-order chi connectivity index (χ1) is 6.72. The van der Waals surface area contributed by atoms with Crippen LogP contribution in [0.4, 0.5) is 0 Å². The Bertz CT molecular complexity index is 342. The maximum atomic E-state index is 11.5. The van der Waals surface area contributed by atoms with E-state index < -0.39 is 0 Å². The molecule has 4 heteroatoms. The van der Waals surface area contributed by atoms with Crippen molar-refractivity contribution in [3.05, 3.63) is 18.2 Å². The van der Waals surface area contributed by atoms with Gasteiger partial charge in [0.15, 0.2) is 0 Å². The molecule has 0 bridgehead atoms. The summed E-state index contributed by atoms with van der Waals surface area (Å²) in [6, 6.07) is 0. The van der Waals surface area contributed by atoms with Gasteiger partial charge in [-0.3, -0.25) is 4.79 Å². The van der Waals surface area contributed by atoms with E-state index in [1.54, 1.807) is 6.33 Å². The van der Waals surface area contributed by atoms with Gasteiger partial charge >= 0.3 is 5.97 Å². The molecule has 1 fully saturated rings. The molecule has 0 spiro atoms. The predicted octanol–water partition coefficient (Wildman–Crippen LogP) is 1.09. The maximum Gasteiger partial charge on any atom is 0.315 e. The first-order valence-electron chi connectivity index (χ1n) is 4.78. The Morgan fingerprint density at radius 1 is 1.71 bits per heavy atom. The minimum Gasteiger partial charge on any atom is -0.468 e. The van der Waals surface area contributed by atoms with E-state index >= 15 is 0 Å². The molecule has 76 valence electrons. The zero-order valence-corrected chi connectivity index (χ0v) is 8.43. The molecular weight excluding hydrogens is 180 g/mol. The van der Waals surface area contributed by atoms with Crippen molar-refractivity contribution in [2.75, 3.05) is 7.11 Å². The molecule has 1 heterocycles. The van der Waals surface area contributed by atoms with Crippen molar-refractivity contribution in [2.24, 2.45) is 13.0 Å². The van der Waals surface area contributed by atoms with Crippen LogP contribution in [0.5, 0.6) is 0 Å². The van der Waals surface area contributed by atoms with Gasteiger partial charge in [0.1, 0.15) is 5.92 Å². The fraction of sp³-hybridized carbons (Fsp3) is 0.600. The highest BCUT2D eigenvalue weighted by Crippen LogP contribution is 2.42. The molecule has 14 heavy (non-hydrogen) atoms. The van der Waals surface area contributed by atoms with Crippen LogP contribution in [0.25, 0.3) is 0 Å². The van der Waals surface area contributed by atoms with Crippen LogP contribution in [0.2, 0.25) is 0 Å². The number of ether oxygens (including phenoxy) is 1. The lowest BCUT2D eigenvalue weighted by Gasteiger charge is -2.10. The minimum atomic E-state index is -0.161. The highest BCUT2D eigenvalue weighted by Gasteiger charge is 2.39. The Morgan fingerprint density at radius 3 is 2.86 bits per heavy atom. The van der Waals surface area contributed by atoms with Crippen molar-refractivity contribution in [1.29, 1.82) is 0 Å². The van der Waals surface area contributed by atoms with E-state index in [0.29, 0.717) is 5.92 Å². The van der Waals surface area contributed by atoms with Gasteiger partial charge in [0.25, 0.3) is 0 Å². The number of carbonyl (C=O) groups is 1. The van der Waals surface area contributed by atoms with E-state index in [0.717, 1.165) is 18.5 Å². The molecule has 1 unspecified atom stereocenters. The number of aryl methyl sites for hydroxylation is 1. The van der Waals surface area contributed by atoms with Crippen LogP contribution in [0.15, 0.2) is 12.5 Å². The van der Waals surface area contributed by atoms with Gasteiger partial charge in [-0.15, -0.1) is 0 Å². The van der Waals surface area contributed by atoms with Gasteiger partial charge in [0, 0.05) is 13.2 Å². The molecule has 1 aromatic heterocycles. The van der Waals surface area contributed by atoms with Gasteiger partial charge in [-0.1, -0.05) is 0 Å². The van der Waals surface area contributed by atoms with Gasteiger partial charge in [-0.25, -0.2) is 4.98 Å². The number of aromatic nitrogens is 2. The largest absolute Gasteiger partial charge is 0.468 e. The normalized spacial score (nSPS) is 17.9. The molecule has 0 N–H and O–H groups in total. The van der Waals surface area contributed by atoms with E-state index in [-0.39, 0.29) is 11.9 Å². The van der Waals surface area contributed by atoms with E-state index in [1.165, 1.54) is 7.11 Å². The molecule has 0 aliphatic heterocycles. The number of imidazole rings is 1. The van der Waals surface area contributed by atoms with Gasteiger partial charge < -0.3 is 9.30 Å². The standard InChI is InChI=1S/C10H14N2O2/c1-12-5-8(11-6-12)9(7-3-4-7)10(13)14-2/h5-7,9H,3-4H2,1-2H3. The summed E-state index contributed by atoms with van der Waals surface area (Å²) in [7, 11) is 3.33. The number of carbonyl (C=O) groups excluding carboxylic acids is 1. The first-order valence-corrected chi connectivity index (χ1v) is 4.78. The molecule has 1 saturated carbocycles. The molecule has 1 aliphatic carbocycles. The molecule has 1 aromatic rings. The highest BCUT2D eigenvalue weighted by atomic mass is 16.5. The Balaban J connectivity index is 2.22. The van der Waals surface area contributed by atoms with E-state index in [1.807, 2.05) is 17.8 Å². The predicted molar refractivity (Wildman–Crippen MR) is 50.7 cm³/mol. The number of methoxy groups -OCH3 is 1. The number of rotatable bonds is 3. The third-order valence-corrected chi connectivity index (χ3v) is 2.59. The van der Waals surface area contributed by atoms with Crippen LogP contribution in [-0.2, 0) is 16.6 Å². The van der Waals surface area contributed by atoms with Crippen molar-refractivity contribution in [3.63, 3.8) is 0 Å². The lowest BCUT2D eigenvalue weighted by molar-refractivity contribution is -0.143. The summed E-state index contributed by atoms with van der Waals surface area (Å²) < 4.78 is 6.64. The summed E-state index contributed by atoms with van der Waals surface area (Å²) in [6.45, 7) is 0. The summed E-state index contributed by atoms with van der Waals surface area (Å²) >= 11 is 0. The van der Waals surface area contributed by atoms with Crippen LogP contribution in [0, 0.1) is 5.92 Å². The van der Waals surface area contributed by atoms with Crippen molar-refractivity contribution in [1.82, 2.24) is 9.55 Å². The van der Waals surface area contributed by atoms with Crippen LogP contribution in [-0.4, -0.2) is 22.6 Å². The van der Waals surface area contributed by atoms with E-state index in [2.05, 4.69) is 4.98 Å². The second-order valence-corrected chi connectivity index (χ2v) is 3.80. The third-order valence-electron chi connectivity index (χ3n) is 2.59. The highest BCUT2D eigenvalue weighted by molar-refractivity contribution is 5.78. The van der Waals surface area contributed by atoms with Crippen LogP contribution >= 0.6 is 0 Å². The number of hydrogen-bond acceptors (Lipinski definition) is 3. The molecule has 1 aliphatic rings. The maximum absolute atomic E-state index is 11.5. The molecular formula is C10H14N2O2. The second-order valence-electron chi connectivity index (χ2n) is 3.80. The monoisotopic (exact) mass is 194 g/mol. The molecule has 0 radical (unpaired) electrons. The van der Waals surface area contributed by atoms with Crippen molar-refractivity contribution in [3.8, 4) is 0 Å². The first kappa shape index (κ1) is 9.24. The summed E-state index contributed by atoms with van der Waals surface area (Å²) in [4.78, 5) is 15.7. The summed E-state index contributed by atoms with van der Waals surface area (Å²) in [5.41, 5.74) is 0.835. The summed E-state index contributed by atoms with van der Waals surface area (Å²) in [5.74, 6) is 0.129. The fourth-order valence-electron chi connectivity index (χ4n) is 1.70. The molecule has 4 nitrogen and oxygen atoms in total. The average Bonchev–Trinajstić information content (AvgIpc) is 2.90. The van der Waals surface area contributed by atoms with Crippen molar-refractivity contribution < 1.29 is 9.53 Å². The Kier molecular flexibility index (Phi) is 2.27. The van der Waals surface area contributed by atoms with Gasteiger partial charge in [0.05, 0.1) is 19.1 Å². The zero-order valence-electron chi connectivity index (χ0n) is 8.43. The topological polar surface area (TPSA) is 44.1 Å². The number of hydrogen-bond donors (Lipinski definition) is 0. The molecule has 1 atom stereocenters. The zero-order chi connectivity index (χ0) is 10.1. The van der Waals surface area contributed by atoms with E-state index in [9.17, 15) is 4.79 Å². The average molecular weight is 194 g/mol. The van der Waals surface area contributed by atoms with Crippen LogP contribution in [0.3, 0.4) is 0 Å². The quantitative estimate of drug-likeness (QED) is 0.676. The number of esters is 1. The Labute approximate surface area is 82.9 Å². The summed E-state index contributed by atoms with van der Waals surface area (Å²) in [5, 5.41) is 0. The molecule has 0 aromatic carbocycles. The van der Waals surface area contributed by atoms with E-state index in [4.69, 9.17) is 4.74 Å². The van der Waals surface area contributed by atoms with Gasteiger partial charge in [-0.05, 0) is 18.8 Å². The van der Waals surface area contributed by atoms with Gasteiger partial charge in [-0.2, -0.15) is 0 Å². The lowest BCUT2D eigenvalue weighted by atomic mass is 10.0. The SMILES string of the molecule is COC(=O)C(c1cn(C)cn1)C1CC1.